The first-order valence-corrected chi connectivity index (χ1v) is 10.7. The predicted molar refractivity (Wildman–Crippen MR) is 122 cm³/mol. The quantitative estimate of drug-likeness (QED) is 0.498. The van der Waals surface area contributed by atoms with E-state index in [4.69, 9.17) is 0 Å². The topological polar surface area (TPSA) is 79.7 Å². The van der Waals surface area contributed by atoms with Crippen molar-refractivity contribution in [1.82, 2.24) is 30.1 Å². The molecule has 160 valence electrons. The minimum Gasteiger partial charge on any atom is -0.321 e. The molecule has 0 spiro atoms. The minimum atomic E-state index is -0.344. The summed E-state index contributed by atoms with van der Waals surface area (Å²) in [6.45, 7) is 10.3. The zero-order chi connectivity index (χ0) is 22.0. The number of tetrazole rings is 1. The maximum Gasteiger partial charge on any atom is 0.253 e. The number of nitrogens with one attached hydrogen (secondary N) is 1. The lowest BCUT2D eigenvalue weighted by Crippen LogP contribution is -2.35. The molecule has 7 nitrogen and oxygen atoms in total. The summed E-state index contributed by atoms with van der Waals surface area (Å²) in [6, 6.07) is 15.9. The summed E-state index contributed by atoms with van der Waals surface area (Å²) >= 11 is 0. The normalized spacial score (nSPS) is 12.5. The van der Waals surface area contributed by atoms with Gasteiger partial charge in [0.25, 0.3) is 5.56 Å². The van der Waals surface area contributed by atoms with Crippen molar-refractivity contribution in [3.63, 3.8) is 0 Å². The maximum absolute atomic E-state index is 13.3. The van der Waals surface area contributed by atoms with Crippen LogP contribution in [0.1, 0.15) is 48.0 Å². The fraction of sp³-hybridized carbons (Fsp3) is 0.333. The Morgan fingerprint density at radius 2 is 1.81 bits per heavy atom. The van der Waals surface area contributed by atoms with E-state index in [1.54, 1.807) is 4.68 Å². The summed E-state index contributed by atoms with van der Waals surface area (Å²) in [5, 5.41) is 13.6. The van der Waals surface area contributed by atoms with E-state index in [0.29, 0.717) is 17.9 Å². The molecule has 31 heavy (non-hydrogen) atoms. The van der Waals surface area contributed by atoms with Crippen molar-refractivity contribution in [2.45, 2.75) is 40.3 Å². The molecule has 0 fully saturated rings. The number of nitrogens with zero attached hydrogens (tertiary/aromatic N) is 5. The van der Waals surface area contributed by atoms with Crippen LogP contribution in [0.3, 0.4) is 0 Å². The second kappa shape index (κ2) is 8.81. The number of pyridine rings is 1. The second-order valence-corrected chi connectivity index (χ2v) is 7.83. The van der Waals surface area contributed by atoms with Gasteiger partial charge in [0.2, 0.25) is 0 Å². The summed E-state index contributed by atoms with van der Waals surface area (Å²) in [5.41, 5.74) is 4.79. The zero-order valence-corrected chi connectivity index (χ0v) is 18.5. The number of H-pyrrole nitrogens is 1. The summed E-state index contributed by atoms with van der Waals surface area (Å²) in [6.07, 6.45) is 0. The molecule has 4 aromatic rings. The van der Waals surface area contributed by atoms with Gasteiger partial charge >= 0.3 is 0 Å². The highest BCUT2D eigenvalue weighted by Gasteiger charge is 2.29. The molecular formula is C24H28N6O. The molecule has 0 amide bonds. The van der Waals surface area contributed by atoms with Crippen molar-refractivity contribution in [3.8, 4) is 0 Å². The largest absolute Gasteiger partial charge is 0.321 e. The number of aromatic nitrogens is 5. The lowest BCUT2D eigenvalue weighted by molar-refractivity contribution is 0.235. The summed E-state index contributed by atoms with van der Waals surface area (Å²) in [7, 11) is 0. The smallest absolute Gasteiger partial charge is 0.253 e. The molecule has 0 radical (unpaired) electrons. The Morgan fingerprint density at radius 1 is 1.06 bits per heavy atom. The van der Waals surface area contributed by atoms with E-state index < -0.39 is 0 Å². The van der Waals surface area contributed by atoms with Gasteiger partial charge in [0.15, 0.2) is 5.82 Å². The van der Waals surface area contributed by atoms with Crippen LogP contribution >= 0.6 is 0 Å². The number of aryl methyl sites for hydroxylation is 2. The van der Waals surface area contributed by atoms with E-state index in [1.165, 1.54) is 0 Å². The predicted octanol–water partition coefficient (Wildman–Crippen LogP) is 3.61. The molecule has 0 aliphatic rings. The van der Waals surface area contributed by atoms with E-state index >= 15 is 0 Å². The lowest BCUT2D eigenvalue weighted by atomic mass is 10.00. The molecular weight excluding hydrogens is 388 g/mol. The number of benzene rings is 2. The molecule has 0 bridgehead atoms. The third-order valence-electron chi connectivity index (χ3n) is 6.03. The van der Waals surface area contributed by atoms with Crippen LogP contribution in [0, 0.1) is 13.8 Å². The molecule has 4 rings (SSSR count). The van der Waals surface area contributed by atoms with Crippen LogP contribution in [0.25, 0.3) is 10.9 Å². The van der Waals surface area contributed by atoms with Crippen LogP contribution in [0.2, 0.25) is 0 Å². The van der Waals surface area contributed by atoms with Gasteiger partial charge in [-0.25, -0.2) is 4.68 Å². The van der Waals surface area contributed by atoms with E-state index in [0.717, 1.165) is 40.7 Å². The SMILES string of the molecule is CCN(CC)[C@@H](c1cc2ccc(C)c(C)c2[nH]c1=O)c1nnnn1Cc1ccccc1. The Hall–Kier alpha value is -3.32. The molecule has 0 aliphatic carbocycles. The van der Waals surface area contributed by atoms with E-state index in [-0.39, 0.29) is 11.6 Å². The Kier molecular flexibility index (Phi) is 5.95. The molecule has 1 N–H and O–H groups in total. The summed E-state index contributed by atoms with van der Waals surface area (Å²) in [5.74, 6) is 0.668. The van der Waals surface area contributed by atoms with Gasteiger partial charge in [-0.3, -0.25) is 9.69 Å². The molecule has 2 aromatic heterocycles. The van der Waals surface area contributed by atoms with Crippen LogP contribution < -0.4 is 5.56 Å². The first-order valence-electron chi connectivity index (χ1n) is 10.7. The van der Waals surface area contributed by atoms with Gasteiger partial charge in [-0.2, -0.15) is 0 Å². The highest BCUT2D eigenvalue weighted by molar-refractivity contribution is 5.83. The van der Waals surface area contributed by atoms with Gasteiger partial charge in [0, 0.05) is 5.56 Å². The third kappa shape index (κ3) is 4.01. The van der Waals surface area contributed by atoms with Crippen LogP contribution in [0.15, 0.2) is 53.3 Å². The van der Waals surface area contributed by atoms with Gasteiger partial charge < -0.3 is 4.98 Å². The van der Waals surface area contributed by atoms with Crippen molar-refractivity contribution < 1.29 is 0 Å². The second-order valence-electron chi connectivity index (χ2n) is 7.83. The third-order valence-corrected chi connectivity index (χ3v) is 6.03. The molecule has 0 saturated carbocycles. The number of hydrogen-bond acceptors (Lipinski definition) is 5. The average Bonchev–Trinajstić information content (AvgIpc) is 3.23. The molecule has 7 heteroatoms. The van der Waals surface area contributed by atoms with Gasteiger partial charge in [-0.05, 0) is 65.5 Å². The first kappa shape index (κ1) is 20.9. The van der Waals surface area contributed by atoms with Crippen LogP contribution in [-0.4, -0.2) is 43.2 Å². The van der Waals surface area contributed by atoms with Gasteiger partial charge in [-0.15, -0.1) is 5.10 Å². The monoisotopic (exact) mass is 416 g/mol. The first-order chi connectivity index (χ1) is 15.0. The Balaban J connectivity index is 1.86. The van der Waals surface area contributed by atoms with Crippen LogP contribution in [0.4, 0.5) is 0 Å². The maximum atomic E-state index is 13.3. The molecule has 2 aromatic carbocycles. The fourth-order valence-corrected chi connectivity index (χ4v) is 4.11. The number of rotatable bonds is 7. The van der Waals surface area contributed by atoms with Crippen molar-refractivity contribution in [2.75, 3.05) is 13.1 Å². The summed E-state index contributed by atoms with van der Waals surface area (Å²) in [4.78, 5) is 18.6. The van der Waals surface area contributed by atoms with Gasteiger partial charge in [-0.1, -0.05) is 56.3 Å². The number of fused-ring (bicyclic) bond motifs is 1. The fourth-order valence-electron chi connectivity index (χ4n) is 4.11. The number of aromatic amines is 1. The molecule has 2 heterocycles. The van der Waals surface area contributed by atoms with Crippen LogP contribution in [0.5, 0.6) is 0 Å². The molecule has 0 unspecified atom stereocenters. The van der Waals surface area contributed by atoms with Crippen molar-refractivity contribution in [2.24, 2.45) is 0 Å². The van der Waals surface area contributed by atoms with Crippen molar-refractivity contribution in [3.05, 3.63) is 87.0 Å². The van der Waals surface area contributed by atoms with E-state index in [2.05, 4.69) is 58.3 Å². The van der Waals surface area contributed by atoms with Gasteiger partial charge in [0.1, 0.15) is 6.04 Å². The van der Waals surface area contributed by atoms with Crippen molar-refractivity contribution >= 4 is 10.9 Å². The average molecular weight is 417 g/mol. The molecule has 0 saturated heterocycles. The van der Waals surface area contributed by atoms with E-state index in [1.807, 2.05) is 43.3 Å². The Bertz CT molecular complexity index is 1240. The Morgan fingerprint density at radius 3 is 2.52 bits per heavy atom. The highest BCUT2D eigenvalue weighted by atomic mass is 16.1. The zero-order valence-electron chi connectivity index (χ0n) is 18.5. The highest BCUT2D eigenvalue weighted by Crippen LogP contribution is 2.28. The van der Waals surface area contributed by atoms with Crippen molar-refractivity contribution in [1.29, 1.82) is 0 Å². The lowest BCUT2D eigenvalue weighted by Gasteiger charge is -2.28. The number of hydrogen-bond donors (Lipinski definition) is 1. The van der Waals surface area contributed by atoms with E-state index in [9.17, 15) is 4.79 Å². The molecule has 0 aliphatic heterocycles. The van der Waals surface area contributed by atoms with Gasteiger partial charge in [0.05, 0.1) is 12.1 Å². The molecule has 1 atom stereocenters. The summed E-state index contributed by atoms with van der Waals surface area (Å²) < 4.78 is 1.79. The van der Waals surface area contributed by atoms with Crippen LogP contribution in [-0.2, 0) is 6.54 Å². The Labute approximate surface area is 181 Å². The minimum absolute atomic E-state index is 0.104. The standard InChI is InChI=1S/C24H28N6O/c1-5-29(6-2)22(23-26-27-28-30(23)15-18-10-8-7-9-11-18)20-14-19-13-12-16(3)17(4)21(19)25-24(20)31/h7-14,22H,5-6,15H2,1-4H3,(H,25,31)/t22-/m0/s1.